The highest BCUT2D eigenvalue weighted by atomic mass is 16.2. The molecule has 0 bridgehead atoms. The fourth-order valence-electron chi connectivity index (χ4n) is 3.01. The highest BCUT2D eigenvalue weighted by Crippen LogP contribution is 2.27. The zero-order valence-corrected chi connectivity index (χ0v) is 16.5. The second kappa shape index (κ2) is 7.94. The Morgan fingerprint density at radius 1 is 1.26 bits per heavy atom. The van der Waals surface area contributed by atoms with Gasteiger partial charge in [-0.2, -0.15) is 5.10 Å². The number of rotatable bonds is 7. The molecule has 6 heteroatoms. The van der Waals surface area contributed by atoms with Gasteiger partial charge in [-0.15, -0.1) is 0 Å². The third-order valence-corrected chi connectivity index (χ3v) is 5.29. The Morgan fingerprint density at radius 2 is 2.00 bits per heavy atom. The van der Waals surface area contributed by atoms with Gasteiger partial charge in [0.25, 0.3) is 11.8 Å². The number of aromatic nitrogens is 2. The maximum atomic E-state index is 12.8. The van der Waals surface area contributed by atoms with Gasteiger partial charge in [-0.05, 0) is 63.6 Å². The molecule has 0 spiro atoms. The molecule has 0 aliphatic heterocycles. The number of hydrogen-bond acceptors (Lipinski definition) is 3. The van der Waals surface area contributed by atoms with Crippen LogP contribution in [0.25, 0.3) is 0 Å². The summed E-state index contributed by atoms with van der Waals surface area (Å²) in [7, 11) is 0. The van der Waals surface area contributed by atoms with Crippen molar-refractivity contribution in [3.05, 3.63) is 46.8 Å². The molecular formula is C21H28N4O2. The molecule has 144 valence electrons. The molecular weight excluding hydrogens is 340 g/mol. The Balaban J connectivity index is 1.74. The molecule has 1 aromatic heterocycles. The minimum Gasteiger partial charge on any atom is -0.352 e. The molecule has 2 N–H and O–H groups in total. The van der Waals surface area contributed by atoms with Gasteiger partial charge < -0.3 is 10.6 Å². The number of hydrogen-bond donors (Lipinski definition) is 2. The third-order valence-electron chi connectivity index (χ3n) is 5.29. The predicted octanol–water partition coefficient (Wildman–Crippen LogP) is 3.86. The van der Waals surface area contributed by atoms with Gasteiger partial charge in [0, 0.05) is 29.5 Å². The maximum absolute atomic E-state index is 12.8. The van der Waals surface area contributed by atoms with Crippen molar-refractivity contribution in [3.8, 4) is 0 Å². The smallest absolute Gasteiger partial charge is 0.259 e. The van der Waals surface area contributed by atoms with E-state index in [-0.39, 0.29) is 17.9 Å². The number of anilines is 1. The van der Waals surface area contributed by atoms with Crippen LogP contribution in [0.15, 0.2) is 24.4 Å². The van der Waals surface area contributed by atoms with E-state index in [9.17, 15) is 9.59 Å². The Hall–Kier alpha value is -2.63. The van der Waals surface area contributed by atoms with E-state index in [1.165, 1.54) is 12.8 Å². The molecule has 1 heterocycles. The van der Waals surface area contributed by atoms with Gasteiger partial charge in [0.05, 0.1) is 11.8 Å². The van der Waals surface area contributed by atoms with Crippen molar-refractivity contribution in [2.24, 2.45) is 5.92 Å². The number of carbonyl (C=O) groups excluding carboxylic acids is 2. The number of amides is 2. The van der Waals surface area contributed by atoms with Crippen LogP contribution in [0.2, 0.25) is 0 Å². The van der Waals surface area contributed by atoms with E-state index >= 15 is 0 Å². The lowest BCUT2D eigenvalue weighted by atomic mass is 10.1. The third kappa shape index (κ3) is 4.38. The van der Waals surface area contributed by atoms with Crippen LogP contribution in [0.4, 0.5) is 5.69 Å². The summed E-state index contributed by atoms with van der Waals surface area (Å²) in [6.45, 7) is 8.71. The average Bonchev–Trinajstić information content (AvgIpc) is 3.41. The number of carbonyl (C=O) groups is 2. The van der Waals surface area contributed by atoms with Crippen LogP contribution in [0.1, 0.15) is 71.1 Å². The molecule has 0 unspecified atom stereocenters. The molecule has 1 saturated carbocycles. The van der Waals surface area contributed by atoms with Crippen LogP contribution in [0.5, 0.6) is 0 Å². The topological polar surface area (TPSA) is 76.0 Å². The number of aryl methyl sites for hydroxylation is 1. The van der Waals surface area contributed by atoms with Crippen molar-refractivity contribution in [1.82, 2.24) is 15.1 Å². The van der Waals surface area contributed by atoms with Gasteiger partial charge in [0.15, 0.2) is 0 Å². The zero-order valence-electron chi connectivity index (χ0n) is 16.5. The second-order valence-electron chi connectivity index (χ2n) is 7.48. The Morgan fingerprint density at radius 3 is 2.67 bits per heavy atom. The lowest BCUT2D eigenvalue weighted by Gasteiger charge is -2.13. The van der Waals surface area contributed by atoms with E-state index in [1.807, 2.05) is 24.6 Å². The summed E-state index contributed by atoms with van der Waals surface area (Å²) in [4.78, 5) is 25.1. The summed E-state index contributed by atoms with van der Waals surface area (Å²) in [5.74, 6) is 0.322. The van der Waals surface area contributed by atoms with Crippen molar-refractivity contribution < 1.29 is 9.59 Å². The number of nitrogens with zero attached hydrogens (tertiary/aromatic N) is 2. The molecule has 1 atom stereocenters. The molecule has 27 heavy (non-hydrogen) atoms. The van der Waals surface area contributed by atoms with Gasteiger partial charge >= 0.3 is 0 Å². The summed E-state index contributed by atoms with van der Waals surface area (Å²) in [6.07, 6.45) is 4.94. The fourth-order valence-corrected chi connectivity index (χ4v) is 3.01. The van der Waals surface area contributed by atoms with Crippen LogP contribution >= 0.6 is 0 Å². The van der Waals surface area contributed by atoms with Gasteiger partial charge in [-0.3, -0.25) is 14.3 Å². The van der Waals surface area contributed by atoms with E-state index < -0.39 is 0 Å². The first kappa shape index (κ1) is 19.1. The molecule has 6 nitrogen and oxygen atoms in total. The van der Waals surface area contributed by atoms with Crippen LogP contribution in [0, 0.1) is 19.8 Å². The largest absolute Gasteiger partial charge is 0.352 e. The molecule has 2 amide bonds. The summed E-state index contributed by atoms with van der Waals surface area (Å²) in [5.41, 5.74) is 3.52. The fraction of sp³-hybridized carbons (Fsp3) is 0.476. The molecule has 1 fully saturated rings. The van der Waals surface area contributed by atoms with E-state index in [0.717, 1.165) is 24.2 Å². The van der Waals surface area contributed by atoms with Crippen LogP contribution in [0.3, 0.4) is 0 Å². The molecule has 1 aromatic carbocycles. The Labute approximate surface area is 160 Å². The quantitative estimate of drug-likeness (QED) is 0.779. The van der Waals surface area contributed by atoms with Crippen molar-refractivity contribution in [3.63, 3.8) is 0 Å². The van der Waals surface area contributed by atoms with Crippen LogP contribution < -0.4 is 10.6 Å². The Bertz CT molecular complexity index is 852. The van der Waals surface area contributed by atoms with E-state index in [2.05, 4.69) is 29.6 Å². The highest BCUT2D eigenvalue weighted by molar-refractivity contribution is 6.06. The molecule has 2 aromatic rings. The van der Waals surface area contributed by atoms with Gasteiger partial charge in [-0.1, -0.05) is 13.0 Å². The molecule has 1 aliphatic carbocycles. The maximum Gasteiger partial charge on any atom is 0.259 e. The van der Waals surface area contributed by atoms with E-state index in [1.54, 1.807) is 18.3 Å². The SMILES string of the molecule is CC[C@H](C)n1ncc(C(=O)Nc2cc(C(=O)NCC3CC3)ccc2C)c1C. The summed E-state index contributed by atoms with van der Waals surface area (Å²) < 4.78 is 1.88. The monoisotopic (exact) mass is 368 g/mol. The highest BCUT2D eigenvalue weighted by Gasteiger charge is 2.22. The normalized spacial score (nSPS) is 14.7. The van der Waals surface area contributed by atoms with Crippen LogP contribution in [-0.2, 0) is 0 Å². The van der Waals surface area contributed by atoms with Crippen LogP contribution in [-0.4, -0.2) is 28.1 Å². The summed E-state index contributed by atoms with van der Waals surface area (Å²) >= 11 is 0. The van der Waals surface area contributed by atoms with Gasteiger partial charge in [0.2, 0.25) is 0 Å². The number of nitrogens with one attached hydrogen (secondary N) is 2. The minimum atomic E-state index is -0.208. The first-order chi connectivity index (χ1) is 12.9. The van der Waals surface area contributed by atoms with Crippen molar-refractivity contribution >= 4 is 17.5 Å². The summed E-state index contributed by atoms with van der Waals surface area (Å²) in [5, 5.41) is 10.3. The lowest BCUT2D eigenvalue weighted by Crippen LogP contribution is -2.25. The van der Waals surface area contributed by atoms with Crippen molar-refractivity contribution in [1.29, 1.82) is 0 Å². The molecule has 3 rings (SSSR count). The average molecular weight is 368 g/mol. The van der Waals surface area contributed by atoms with Crippen molar-refractivity contribution in [2.45, 2.75) is 53.0 Å². The first-order valence-electron chi connectivity index (χ1n) is 9.65. The van der Waals surface area contributed by atoms with E-state index in [4.69, 9.17) is 0 Å². The molecule has 1 aliphatic rings. The standard InChI is InChI=1S/C21H28N4O2/c1-5-14(3)25-15(4)18(12-23-25)21(27)24-19-10-17(9-6-13(19)2)20(26)22-11-16-7-8-16/h6,9-10,12,14,16H,5,7-8,11H2,1-4H3,(H,22,26)(H,24,27)/t14-/m0/s1. The van der Waals surface area contributed by atoms with Gasteiger partial charge in [0.1, 0.15) is 0 Å². The van der Waals surface area contributed by atoms with E-state index in [0.29, 0.717) is 22.7 Å². The van der Waals surface area contributed by atoms with Gasteiger partial charge in [-0.25, -0.2) is 0 Å². The number of benzene rings is 1. The predicted molar refractivity (Wildman–Crippen MR) is 106 cm³/mol. The molecule has 0 radical (unpaired) electrons. The zero-order chi connectivity index (χ0) is 19.6. The van der Waals surface area contributed by atoms with Crippen molar-refractivity contribution in [2.75, 3.05) is 11.9 Å². The minimum absolute atomic E-state index is 0.0989. The molecule has 0 saturated heterocycles. The Kier molecular flexibility index (Phi) is 5.63. The summed E-state index contributed by atoms with van der Waals surface area (Å²) in [6, 6.07) is 5.63. The first-order valence-corrected chi connectivity index (χ1v) is 9.65. The second-order valence-corrected chi connectivity index (χ2v) is 7.48. The lowest BCUT2D eigenvalue weighted by molar-refractivity contribution is 0.0950.